The summed E-state index contributed by atoms with van der Waals surface area (Å²) in [6.45, 7) is 9.23. The van der Waals surface area contributed by atoms with Crippen LogP contribution in [0, 0.1) is 0 Å². The average molecular weight is 301 g/mol. The van der Waals surface area contributed by atoms with Crippen molar-refractivity contribution in [1.82, 2.24) is 4.90 Å². The summed E-state index contributed by atoms with van der Waals surface area (Å²) < 4.78 is 10.8. The molecule has 1 N–H and O–H groups in total. The summed E-state index contributed by atoms with van der Waals surface area (Å²) in [5.41, 5.74) is 1.06. The highest BCUT2D eigenvalue weighted by Gasteiger charge is 2.16. The third kappa shape index (κ3) is 7.97. The van der Waals surface area contributed by atoms with E-state index >= 15 is 0 Å². The fraction of sp³-hybridized carbons (Fsp3) is 0.733. The molecule has 0 aliphatic heterocycles. The van der Waals surface area contributed by atoms with Crippen molar-refractivity contribution in [2.24, 2.45) is 0 Å². The van der Waals surface area contributed by atoms with Crippen LogP contribution in [0.4, 0.5) is 0 Å². The van der Waals surface area contributed by atoms with Gasteiger partial charge in [-0.2, -0.15) is 11.3 Å². The number of aliphatic hydroxyl groups is 1. The first kappa shape index (κ1) is 17.6. The molecule has 20 heavy (non-hydrogen) atoms. The maximum absolute atomic E-state index is 10.1. The number of ether oxygens (including phenoxy) is 2. The van der Waals surface area contributed by atoms with Crippen molar-refractivity contribution in [2.45, 2.75) is 39.0 Å². The highest BCUT2D eigenvalue weighted by Crippen LogP contribution is 2.11. The van der Waals surface area contributed by atoms with Crippen molar-refractivity contribution in [2.75, 3.05) is 33.4 Å². The first-order valence-corrected chi connectivity index (χ1v) is 7.89. The first-order valence-electron chi connectivity index (χ1n) is 6.95. The first-order chi connectivity index (χ1) is 9.40. The molecule has 0 radical (unpaired) electrons. The average Bonchev–Trinajstić information content (AvgIpc) is 2.85. The second-order valence-electron chi connectivity index (χ2n) is 5.94. The maximum Gasteiger partial charge on any atom is 0.0900 e. The number of thiophene rings is 1. The summed E-state index contributed by atoms with van der Waals surface area (Å²) in [4.78, 5) is 2.20. The van der Waals surface area contributed by atoms with Gasteiger partial charge in [-0.15, -0.1) is 0 Å². The molecule has 1 atom stereocenters. The highest BCUT2D eigenvalue weighted by atomic mass is 32.1. The monoisotopic (exact) mass is 301 g/mol. The topological polar surface area (TPSA) is 41.9 Å². The summed E-state index contributed by atoms with van der Waals surface area (Å²) in [6.07, 6.45) is -0.482. The molecule has 0 saturated carbocycles. The summed E-state index contributed by atoms with van der Waals surface area (Å²) in [5, 5.41) is 14.3. The van der Waals surface area contributed by atoms with Gasteiger partial charge in [0, 0.05) is 26.7 Å². The number of aliphatic hydroxyl groups excluding tert-OH is 1. The molecule has 1 aromatic rings. The van der Waals surface area contributed by atoms with E-state index < -0.39 is 6.10 Å². The van der Waals surface area contributed by atoms with Crippen molar-refractivity contribution in [1.29, 1.82) is 0 Å². The molecular formula is C15H27NO3S. The Morgan fingerprint density at radius 3 is 2.70 bits per heavy atom. The maximum atomic E-state index is 10.1. The minimum atomic E-state index is -0.482. The van der Waals surface area contributed by atoms with Crippen LogP contribution in [0.3, 0.4) is 0 Å². The summed E-state index contributed by atoms with van der Waals surface area (Å²) in [5.74, 6) is 0. The van der Waals surface area contributed by atoms with Crippen LogP contribution in [0.1, 0.15) is 26.3 Å². The number of hydrogen-bond acceptors (Lipinski definition) is 5. The van der Waals surface area contributed by atoms with Gasteiger partial charge in [-0.25, -0.2) is 0 Å². The van der Waals surface area contributed by atoms with Gasteiger partial charge in [0.1, 0.15) is 0 Å². The Morgan fingerprint density at radius 1 is 1.40 bits per heavy atom. The van der Waals surface area contributed by atoms with Crippen molar-refractivity contribution in [3.05, 3.63) is 22.4 Å². The molecule has 1 rings (SSSR count). The van der Waals surface area contributed by atoms with Crippen LogP contribution in [0.25, 0.3) is 0 Å². The van der Waals surface area contributed by atoms with Crippen LogP contribution in [-0.4, -0.2) is 55.1 Å². The molecule has 0 amide bonds. The fourth-order valence-electron chi connectivity index (χ4n) is 1.79. The Hall–Kier alpha value is -0.460. The minimum Gasteiger partial charge on any atom is -0.389 e. The van der Waals surface area contributed by atoms with Gasteiger partial charge in [-0.05, 0) is 43.2 Å². The molecule has 5 heteroatoms. The lowest BCUT2D eigenvalue weighted by atomic mass is 10.2. The molecule has 0 aliphatic rings. The van der Waals surface area contributed by atoms with Crippen LogP contribution in [0.2, 0.25) is 0 Å². The van der Waals surface area contributed by atoms with Gasteiger partial charge >= 0.3 is 0 Å². The standard InChI is InChI=1S/C15H27NO3S/c1-15(2,3)19-11-14(17)10-16(6-7-18-4)9-13-5-8-20-12-13/h5,8,12,14,17H,6-7,9-11H2,1-4H3. The van der Waals surface area contributed by atoms with Gasteiger partial charge in [0.05, 0.1) is 24.9 Å². The van der Waals surface area contributed by atoms with E-state index in [0.29, 0.717) is 19.8 Å². The van der Waals surface area contributed by atoms with Crippen molar-refractivity contribution in [3.63, 3.8) is 0 Å². The summed E-state index contributed by atoms with van der Waals surface area (Å²) in [7, 11) is 1.70. The molecule has 0 aromatic carbocycles. The number of hydrogen-bond donors (Lipinski definition) is 1. The lowest BCUT2D eigenvalue weighted by Gasteiger charge is -2.27. The van der Waals surface area contributed by atoms with Gasteiger partial charge in [0.2, 0.25) is 0 Å². The van der Waals surface area contributed by atoms with E-state index in [1.807, 2.05) is 20.8 Å². The largest absolute Gasteiger partial charge is 0.389 e. The van der Waals surface area contributed by atoms with Gasteiger partial charge in [0.25, 0.3) is 0 Å². The predicted octanol–water partition coefficient (Wildman–Crippen LogP) is 2.37. The van der Waals surface area contributed by atoms with Gasteiger partial charge in [0.15, 0.2) is 0 Å². The Kier molecular flexibility index (Phi) is 7.69. The van der Waals surface area contributed by atoms with E-state index in [1.165, 1.54) is 5.56 Å². The summed E-state index contributed by atoms with van der Waals surface area (Å²) >= 11 is 1.69. The van der Waals surface area contributed by atoms with Crippen molar-refractivity contribution < 1.29 is 14.6 Å². The normalized spacial score (nSPS) is 13.9. The van der Waals surface area contributed by atoms with Gasteiger partial charge in [-0.1, -0.05) is 0 Å². The highest BCUT2D eigenvalue weighted by molar-refractivity contribution is 7.07. The summed E-state index contributed by atoms with van der Waals surface area (Å²) in [6, 6.07) is 2.11. The van der Waals surface area contributed by atoms with Crippen LogP contribution < -0.4 is 0 Å². The molecule has 0 bridgehead atoms. The van der Waals surface area contributed by atoms with E-state index in [0.717, 1.165) is 13.1 Å². The molecule has 0 spiro atoms. The number of rotatable bonds is 9. The third-order valence-electron chi connectivity index (χ3n) is 2.78. The molecule has 1 heterocycles. The molecule has 116 valence electrons. The zero-order valence-electron chi connectivity index (χ0n) is 13.0. The predicted molar refractivity (Wildman–Crippen MR) is 83.2 cm³/mol. The Bertz CT molecular complexity index is 349. The Labute approximate surface area is 126 Å². The molecule has 4 nitrogen and oxygen atoms in total. The SMILES string of the molecule is COCCN(Cc1ccsc1)CC(O)COC(C)(C)C. The van der Waals surface area contributed by atoms with E-state index in [2.05, 4.69) is 21.7 Å². The Balaban J connectivity index is 2.42. The molecule has 0 fully saturated rings. The van der Waals surface area contributed by atoms with E-state index in [9.17, 15) is 5.11 Å². The zero-order chi connectivity index (χ0) is 15.0. The van der Waals surface area contributed by atoms with Crippen molar-refractivity contribution in [3.8, 4) is 0 Å². The van der Waals surface area contributed by atoms with Crippen LogP contribution >= 0.6 is 11.3 Å². The smallest absolute Gasteiger partial charge is 0.0900 e. The zero-order valence-corrected chi connectivity index (χ0v) is 13.8. The van der Waals surface area contributed by atoms with Crippen LogP contribution in [-0.2, 0) is 16.0 Å². The molecule has 1 aromatic heterocycles. The quantitative estimate of drug-likeness (QED) is 0.760. The van der Waals surface area contributed by atoms with E-state index in [4.69, 9.17) is 9.47 Å². The molecule has 1 unspecified atom stereocenters. The number of methoxy groups -OCH3 is 1. The molecule has 0 aliphatic carbocycles. The lowest BCUT2D eigenvalue weighted by Crippen LogP contribution is -2.38. The fourth-order valence-corrected chi connectivity index (χ4v) is 2.45. The second kappa shape index (κ2) is 8.74. The van der Waals surface area contributed by atoms with E-state index in [1.54, 1.807) is 18.4 Å². The third-order valence-corrected chi connectivity index (χ3v) is 3.51. The van der Waals surface area contributed by atoms with Gasteiger partial charge < -0.3 is 14.6 Å². The Morgan fingerprint density at radius 2 is 2.15 bits per heavy atom. The van der Waals surface area contributed by atoms with Crippen LogP contribution in [0.15, 0.2) is 16.8 Å². The molecule has 0 saturated heterocycles. The van der Waals surface area contributed by atoms with E-state index in [-0.39, 0.29) is 5.60 Å². The second-order valence-corrected chi connectivity index (χ2v) is 6.72. The molecular weight excluding hydrogens is 274 g/mol. The number of nitrogens with zero attached hydrogens (tertiary/aromatic N) is 1. The lowest BCUT2D eigenvalue weighted by molar-refractivity contribution is -0.0576. The van der Waals surface area contributed by atoms with Gasteiger partial charge in [-0.3, -0.25) is 4.90 Å². The minimum absolute atomic E-state index is 0.217. The van der Waals surface area contributed by atoms with Crippen LogP contribution in [0.5, 0.6) is 0 Å². The van der Waals surface area contributed by atoms with Crippen molar-refractivity contribution >= 4 is 11.3 Å².